The molecule has 0 saturated heterocycles. The molecule has 74 valence electrons. The minimum atomic E-state index is -0.0664. The zero-order valence-electron chi connectivity index (χ0n) is 6.48. The van der Waals surface area contributed by atoms with Gasteiger partial charge in [-0.2, -0.15) is 0 Å². The van der Waals surface area contributed by atoms with Crippen molar-refractivity contribution >= 4 is 46.4 Å². The van der Waals surface area contributed by atoms with Gasteiger partial charge in [-0.3, -0.25) is 0 Å². The molecule has 0 aromatic heterocycles. The highest BCUT2D eigenvalue weighted by atomic mass is 35.5. The summed E-state index contributed by atoms with van der Waals surface area (Å²) in [5.41, 5.74) is 0. The molecule has 0 N–H and O–H groups in total. The van der Waals surface area contributed by atoms with Gasteiger partial charge in [-0.25, -0.2) is 0 Å². The summed E-state index contributed by atoms with van der Waals surface area (Å²) in [6, 6.07) is 3.17. The number of hydrogen-bond donors (Lipinski definition) is 0. The van der Waals surface area contributed by atoms with E-state index in [-0.39, 0.29) is 21.2 Å². The normalized spacial score (nSPS) is 14.6. The standard InChI is InChI=1S/C8H2Cl4O2/c9-3-1-2-4-6(5(3)10)14-8(12)7(11)13-4/h1-2H. The van der Waals surface area contributed by atoms with Crippen molar-refractivity contribution < 1.29 is 9.47 Å². The van der Waals surface area contributed by atoms with Crippen LogP contribution in [-0.4, -0.2) is 0 Å². The second kappa shape index (κ2) is 3.70. The molecular formula is C8H2Cl4O2. The predicted molar refractivity (Wildman–Crippen MR) is 56.5 cm³/mol. The van der Waals surface area contributed by atoms with Gasteiger partial charge < -0.3 is 9.47 Å². The van der Waals surface area contributed by atoms with Crippen LogP contribution in [0.15, 0.2) is 22.6 Å². The first-order chi connectivity index (χ1) is 6.59. The first kappa shape index (κ1) is 10.2. The Hall–Kier alpha value is -0.280. The first-order valence-electron chi connectivity index (χ1n) is 3.48. The summed E-state index contributed by atoms with van der Waals surface area (Å²) in [4.78, 5) is 0. The fourth-order valence-electron chi connectivity index (χ4n) is 0.956. The molecule has 1 aliphatic heterocycles. The third-order valence-corrected chi connectivity index (χ3v) is 2.94. The van der Waals surface area contributed by atoms with Gasteiger partial charge in [0, 0.05) is 0 Å². The van der Waals surface area contributed by atoms with E-state index in [4.69, 9.17) is 55.9 Å². The highest BCUT2D eigenvalue weighted by molar-refractivity contribution is 6.43. The maximum atomic E-state index is 5.86. The Morgan fingerprint density at radius 1 is 0.857 bits per heavy atom. The molecule has 2 nitrogen and oxygen atoms in total. The van der Waals surface area contributed by atoms with Crippen molar-refractivity contribution in [3.63, 3.8) is 0 Å². The van der Waals surface area contributed by atoms with E-state index < -0.39 is 0 Å². The summed E-state index contributed by atoms with van der Waals surface area (Å²) in [6.45, 7) is 0. The number of fused-ring (bicyclic) bond motifs is 1. The quantitative estimate of drug-likeness (QED) is 0.698. The maximum Gasteiger partial charge on any atom is 0.249 e. The fraction of sp³-hybridized carbons (Fsp3) is 0. The van der Waals surface area contributed by atoms with Gasteiger partial charge in [0.1, 0.15) is 5.02 Å². The largest absolute Gasteiger partial charge is 0.436 e. The van der Waals surface area contributed by atoms with E-state index in [0.29, 0.717) is 10.8 Å². The number of hydrogen-bond acceptors (Lipinski definition) is 2. The third kappa shape index (κ3) is 1.63. The lowest BCUT2D eigenvalue weighted by atomic mass is 10.3. The Balaban J connectivity index is 2.54. The molecular weight excluding hydrogens is 270 g/mol. The lowest BCUT2D eigenvalue weighted by molar-refractivity contribution is 0.338. The van der Waals surface area contributed by atoms with Crippen LogP contribution in [0.1, 0.15) is 0 Å². The Kier molecular flexibility index (Phi) is 2.71. The Bertz CT molecular complexity index is 428. The molecule has 0 aliphatic carbocycles. The summed E-state index contributed by atoms with van der Waals surface area (Å²) < 4.78 is 10.3. The number of rotatable bonds is 0. The molecule has 0 radical (unpaired) electrons. The molecule has 0 spiro atoms. The number of benzene rings is 1. The molecule has 1 aliphatic rings. The van der Waals surface area contributed by atoms with Crippen molar-refractivity contribution in [1.29, 1.82) is 0 Å². The van der Waals surface area contributed by atoms with Crippen molar-refractivity contribution in [2.24, 2.45) is 0 Å². The molecule has 0 amide bonds. The molecule has 2 rings (SSSR count). The molecule has 6 heteroatoms. The highest BCUT2D eigenvalue weighted by Crippen LogP contribution is 2.45. The van der Waals surface area contributed by atoms with Gasteiger partial charge in [0.05, 0.1) is 5.02 Å². The van der Waals surface area contributed by atoms with Gasteiger partial charge in [0.15, 0.2) is 11.5 Å². The molecule has 1 aromatic carbocycles. The van der Waals surface area contributed by atoms with Gasteiger partial charge in [0.25, 0.3) is 0 Å². The van der Waals surface area contributed by atoms with Crippen molar-refractivity contribution in [2.45, 2.75) is 0 Å². The average Bonchev–Trinajstić information content (AvgIpc) is 2.15. The third-order valence-electron chi connectivity index (χ3n) is 1.56. The van der Waals surface area contributed by atoms with Crippen LogP contribution in [0.5, 0.6) is 11.5 Å². The highest BCUT2D eigenvalue weighted by Gasteiger charge is 2.22. The molecule has 0 fully saturated rings. The van der Waals surface area contributed by atoms with Crippen molar-refractivity contribution in [3.8, 4) is 11.5 Å². The summed E-state index contributed by atoms with van der Waals surface area (Å²) in [6.07, 6.45) is 0. The van der Waals surface area contributed by atoms with Gasteiger partial charge in [-0.1, -0.05) is 23.2 Å². The van der Waals surface area contributed by atoms with Crippen molar-refractivity contribution in [3.05, 3.63) is 32.6 Å². The van der Waals surface area contributed by atoms with E-state index >= 15 is 0 Å². The number of ether oxygens (including phenoxy) is 2. The molecule has 0 unspecified atom stereocenters. The molecule has 0 saturated carbocycles. The van der Waals surface area contributed by atoms with E-state index in [1.165, 1.54) is 0 Å². The van der Waals surface area contributed by atoms with Crippen LogP contribution in [0.2, 0.25) is 10.0 Å². The second-order valence-corrected chi connectivity index (χ2v) is 3.91. The first-order valence-corrected chi connectivity index (χ1v) is 4.99. The lowest BCUT2D eigenvalue weighted by Gasteiger charge is -2.18. The van der Waals surface area contributed by atoms with Crippen LogP contribution in [0.25, 0.3) is 0 Å². The monoisotopic (exact) mass is 270 g/mol. The zero-order valence-corrected chi connectivity index (χ0v) is 9.51. The van der Waals surface area contributed by atoms with Crippen LogP contribution in [0.4, 0.5) is 0 Å². The topological polar surface area (TPSA) is 18.5 Å². The van der Waals surface area contributed by atoms with E-state index in [1.54, 1.807) is 12.1 Å². The summed E-state index contributed by atoms with van der Waals surface area (Å²) >= 11 is 22.9. The van der Waals surface area contributed by atoms with Gasteiger partial charge in [-0.05, 0) is 35.3 Å². The summed E-state index contributed by atoms with van der Waals surface area (Å²) in [5.74, 6) is 0.655. The molecule has 0 bridgehead atoms. The van der Waals surface area contributed by atoms with E-state index in [1.807, 2.05) is 0 Å². The minimum Gasteiger partial charge on any atom is -0.436 e. The van der Waals surface area contributed by atoms with Crippen LogP contribution in [0.3, 0.4) is 0 Å². The van der Waals surface area contributed by atoms with E-state index in [0.717, 1.165) is 0 Å². The molecule has 0 atom stereocenters. The van der Waals surface area contributed by atoms with Crippen LogP contribution in [-0.2, 0) is 0 Å². The lowest BCUT2D eigenvalue weighted by Crippen LogP contribution is -2.05. The maximum absolute atomic E-state index is 5.86. The SMILES string of the molecule is ClC1=C(Cl)Oc2c(ccc(Cl)c2Cl)O1. The average molecular weight is 272 g/mol. The summed E-state index contributed by atoms with van der Waals surface area (Å²) in [7, 11) is 0. The Morgan fingerprint density at radius 3 is 2.21 bits per heavy atom. The Morgan fingerprint density at radius 2 is 1.50 bits per heavy atom. The van der Waals surface area contributed by atoms with E-state index in [9.17, 15) is 0 Å². The smallest absolute Gasteiger partial charge is 0.249 e. The Labute approximate surface area is 99.9 Å². The molecule has 14 heavy (non-hydrogen) atoms. The molecule has 1 heterocycles. The minimum absolute atomic E-state index is 0.0300. The van der Waals surface area contributed by atoms with Crippen LogP contribution < -0.4 is 9.47 Å². The second-order valence-electron chi connectivity index (χ2n) is 2.44. The van der Waals surface area contributed by atoms with Gasteiger partial charge in [0.2, 0.25) is 10.4 Å². The zero-order chi connectivity index (χ0) is 10.3. The van der Waals surface area contributed by atoms with Gasteiger partial charge in [-0.15, -0.1) is 0 Å². The van der Waals surface area contributed by atoms with Gasteiger partial charge >= 0.3 is 0 Å². The summed E-state index contributed by atoms with van der Waals surface area (Å²) in [5, 5.41) is 0.504. The van der Waals surface area contributed by atoms with Crippen molar-refractivity contribution in [1.82, 2.24) is 0 Å². The number of halogens is 4. The van der Waals surface area contributed by atoms with Crippen LogP contribution in [0, 0.1) is 0 Å². The fourth-order valence-corrected chi connectivity index (χ4v) is 1.54. The van der Waals surface area contributed by atoms with E-state index in [2.05, 4.69) is 0 Å². The van der Waals surface area contributed by atoms with Crippen molar-refractivity contribution in [2.75, 3.05) is 0 Å². The molecule has 1 aromatic rings. The predicted octanol–water partition coefficient (Wildman–Crippen LogP) is 4.37. The van der Waals surface area contributed by atoms with Crippen LogP contribution >= 0.6 is 46.4 Å².